The maximum absolute atomic E-state index is 14.3. The molecule has 0 aromatic heterocycles. The van der Waals surface area contributed by atoms with Crippen molar-refractivity contribution in [2.24, 2.45) is 0 Å². The van der Waals surface area contributed by atoms with Gasteiger partial charge in [0.15, 0.2) is 0 Å². The van der Waals surface area contributed by atoms with Gasteiger partial charge in [-0.3, -0.25) is 9.59 Å². The number of fused-ring (bicyclic) bond motifs is 7. The van der Waals surface area contributed by atoms with E-state index in [1.165, 1.54) is 12.1 Å². The SMILES string of the molecule is O=C1Oc2ccc3ccccc3c2-c2c(ccc3ccccc23)OC(=O)[C@@H](c2ccc(C(F)(F)F)cc2)[C@@H]1c1ccccc1. The van der Waals surface area contributed by atoms with Crippen LogP contribution >= 0.6 is 0 Å². The van der Waals surface area contributed by atoms with E-state index in [2.05, 4.69) is 0 Å². The van der Waals surface area contributed by atoms with Crippen LogP contribution in [0.25, 0.3) is 32.7 Å². The van der Waals surface area contributed by atoms with Crippen molar-refractivity contribution in [3.63, 3.8) is 0 Å². The molecule has 0 bridgehead atoms. The summed E-state index contributed by atoms with van der Waals surface area (Å²) < 4.78 is 52.7. The van der Waals surface area contributed by atoms with Gasteiger partial charge < -0.3 is 9.47 Å². The molecule has 2 atom stereocenters. The third-order valence-corrected chi connectivity index (χ3v) is 8.05. The zero-order valence-electron chi connectivity index (χ0n) is 23.0. The topological polar surface area (TPSA) is 52.6 Å². The van der Waals surface area contributed by atoms with Gasteiger partial charge in [-0.25, -0.2) is 0 Å². The Balaban J connectivity index is 1.50. The number of benzene rings is 6. The second-order valence-corrected chi connectivity index (χ2v) is 10.6. The average Bonchev–Trinajstić information content (AvgIpc) is 3.03. The minimum atomic E-state index is -4.57. The van der Waals surface area contributed by atoms with E-state index in [0.29, 0.717) is 16.7 Å². The zero-order chi connectivity index (χ0) is 30.4. The Morgan fingerprint density at radius 3 is 1.39 bits per heavy atom. The third-order valence-electron chi connectivity index (χ3n) is 8.05. The number of ether oxygens (including phenoxy) is 2. The average molecular weight is 589 g/mol. The normalized spacial score (nSPS) is 17.0. The molecule has 44 heavy (non-hydrogen) atoms. The van der Waals surface area contributed by atoms with E-state index < -0.39 is 35.5 Å². The Labute approximate surface area is 250 Å². The monoisotopic (exact) mass is 588 g/mol. The van der Waals surface area contributed by atoms with Crippen LogP contribution in [0.3, 0.4) is 0 Å². The molecule has 7 rings (SSSR count). The Kier molecular flexibility index (Phi) is 6.66. The Morgan fingerprint density at radius 2 is 0.909 bits per heavy atom. The molecule has 1 heterocycles. The smallest absolute Gasteiger partial charge is 0.416 e. The number of hydrogen-bond acceptors (Lipinski definition) is 4. The first-order valence-corrected chi connectivity index (χ1v) is 14.0. The van der Waals surface area contributed by atoms with Crippen molar-refractivity contribution in [1.29, 1.82) is 0 Å². The van der Waals surface area contributed by atoms with Gasteiger partial charge in [-0.15, -0.1) is 0 Å². The highest BCUT2D eigenvalue weighted by atomic mass is 19.4. The molecule has 6 aromatic rings. The zero-order valence-corrected chi connectivity index (χ0v) is 23.0. The van der Waals surface area contributed by atoms with Gasteiger partial charge in [-0.05, 0) is 56.9 Å². The quantitative estimate of drug-likeness (QED) is 0.150. The number of carbonyl (C=O) groups excluding carboxylic acids is 2. The van der Waals surface area contributed by atoms with E-state index in [0.717, 1.165) is 33.7 Å². The highest BCUT2D eigenvalue weighted by Crippen LogP contribution is 2.48. The van der Waals surface area contributed by atoms with Crippen molar-refractivity contribution >= 4 is 33.5 Å². The molecule has 0 saturated carbocycles. The largest absolute Gasteiger partial charge is 0.425 e. The molecule has 1 aliphatic heterocycles. The first-order chi connectivity index (χ1) is 21.3. The van der Waals surface area contributed by atoms with E-state index in [1.807, 2.05) is 60.7 Å². The molecule has 7 heteroatoms. The van der Waals surface area contributed by atoms with Gasteiger partial charge in [0, 0.05) is 11.1 Å². The number of esters is 2. The lowest BCUT2D eigenvalue weighted by Gasteiger charge is -2.28. The Hall–Kier alpha value is -5.43. The summed E-state index contributed by atoms with van der Waals surface area (Å²) >= 11 is 0. The van der Waals surface area contributed by atoms with Gasteiger partial charge in [-0.2, -0.15) is 13.2 Å². The molecular weight excluding hydrogens is 565 g/mol. The molecule has 0 fully saturated rings. The van der Waals surface area contributed by atoms with Gasteiger partial charge in [0.05, 0.1) is 17.4 Å². The van der Waals surface area contributed by atoms with E-state index >= 15 is 0 Å². The fourth-order valence-electron chi connectivity index (χ4n) is 6.00. The minimum Gasteiger partial charge on any atom is -0.425 e. The van der Waals surface area contributed by atoms with Crippen LogP contribution < -0.4 is 9.47 Å². The number of hydrogen-bond donors (Lipinski definition) is 0. The van der Waals surface area contributed by atoms with Crippen LogP contribution in [0, 0.1) is 0 Å². The molecule has 0 aliphatic carbocycles. The molecule has 0 spiro atoms. The Bertz CT molecular complexity index is 2050. The van der Waals surface area contributed by atoms with Crippen molar-refractivity contribution in [2.45, 2.75) is 18.0 Å². The molecule has 216 valence electrons. The maximum Gasteiger partial charge on any atom is 0.416 e. The molecular formula is C37H23F3O4. The number of alkyl halides is 3. The van der Waals surface area contributed by atoms with Crippen LogP contribution in [0.1, 0.15) is 28.5 Å². The molecule has 0 radical (unpaired) electrons. The summed E-state index contributed by atoms with van der Waals surface area (Å²) in [6.07, 6.45) is -4.57. The highest BCUT2D eigenvalue weighted by molar-refractivity contribution is 6.11. The van der Waals surface area contributed by atoms with Crippen molar-refractivity contribution in [3.05, 3.63) is 144 Å². The second-order valence-electron chi connectivity index (χ2n) is 10.6. The van der Waals surface area contributed by atoms with Gasteiger partial charge in [-0.1, -0.05) is 103 Å². The summed E-state index contributed by atoms with van der Waals surface area (Å²) in [7, 11) is 0. The summed E-state index contributed by atoms with van der Waals surface area (Å²) in [6, 6.07) is 35.2. The van der Waals surface area contributed by atoms with Gasteiger partial charge in [0.25, 0.3) is 0 Å². The summed E-state index contributed by atoms with van der Waals surface area (Å²) in [4.78, 5) is 28.5. The first-order valence-electron chi connectivity index (χ1n) is 14.0. The van der Waals surface area contributed by atoms with Crippen molar-refractivity contribution in [1.82, 2.24) is 0 Å². The highest BCUT2D eigenvalue weighted by Gasteiger charge is 2.41. The number of rotatable bonds is 2. The standard InChI is InChI=1S/C37H23F3O4/c38-37(39,40)26-18-14-25(15-19-26)32-31(24-10-2-1-3-11-24)35(41)43-29-20-16-22-8-4-6-12-27(22)33(29)34-28-13-7-5-9-23(28)17-21-30(34)44-36(32)42/h1-21,31-32H/t31-,32-/m0/s1. The van der Waals surface area contributed by atoms with Crippen molar-refractivity contribution in [2.75, 3.05) is 0 Å². The lowest BCUT2D eigenvalue weighted by Crippen LogP contribution is -2.33. The van der Waals surface area contributed by atoms with Crippen LogP contribution in [0.15, 0.2) is 127 Å². The molecule has 0 amide bonds. The fraction of sp³-hybridized carbons (Fsp3) is 0.0811. The lowest BCUT2D eigenvalue weighted by atomic mass is 9.80. The van der Waals surface area contributed by atoms with E-state index in [4.69, 9.17) is 9.47 Å². The number of halogens is 3. The summed E-state index contributed by atoms with van der Waals surface area (Å²) in [5, 5.41) is 3.35. The molecule has 1 aliphatic rings. The third kappa shape index (κ3) is 4.76. The molecule has 0 unspecified atom stereocenters. The van der Waals surface area contributed by atoms with Crippen LogP contribution in [-0.2, 0) is 15.8 Å². The van der Waals surface area contributed by atoms with Crippen molar-refractivity contribution < 1.29 is 32.2 Å². The van der Waals surface area contributed by atoms with E-state index in [-0.39, 0.29) is 17.1 Å². The predicted molar refractivity (Wildman–Crippen MR) is 162 cm³/mol. The number of carbonyl (C=O) groups is 2. The van der Waals surface area contributed by atoms with Gasteiger partial charge in [0.1, 0.15) is 11.5 Å². The van der Waals surface area contributed by atoms with Crippen LogP contribution in [0.4, 0.5) is 13.2 Å². The van der Waals surface area contributed by atoms with Crippen molar-refractivity contribution in [3.8, 4) is 22.6 Å². The minimum absolute atomic E-state index is 0.190. The molecule has 4 nitrogen and oxygen atoms in total. The van der Waals surface area contributed by atoms with E-state index in [9.17, 15) is 22.8 Å². The molecule has 0 saturated heterocycles. The maximum atomic E-state index is 14.3. The molecule has 6 aromatic carbocycles. The van der Waals surface area contributed by atoms with Gasteiger partial charge >= 0.3 is 18.1 Å². The Morgan fingerprint density at radius 1 is 0.477 bits per heavy atom. The van der Waals surface area contributed by atoms with Crippen LogP contribution in [0.2, 0.25) is 0 Å². The lowest BCUT2D eigenvalue weighted by molar-refractivity contribution is -0.144. The van der Waals surface area contributed by atoms with Crippen LogP contribution in [0.5, 0.6) is 11.5 Å². The predicted octanol–water partition coefficient (Wildman–Crippen LogP) is 9.07. The fourth-order valence-corrected chi connectivity index (χ4v) is 6.00. The molecule has 0 N–H and O–H groups in total. The van der Waals surface area contributed by atoms with Gasteiger partial charge in [0.2, 0.25) is 0 Å². The first kappa shape index (κ1) is 27.4. The second kappa shape index (κ2) is 10.7. The summed E-state index contributed by atoms with van der Waals surface area (Å²) in [5.74, 6) is -3.55. The summed E-state index contributed by atoms with van der Waals surface area (Å²) in [6.45, 7) is 0. The summed E-state index contributed by atoms with van der Waals surface area (Å²) in [5.41, 5.74) is 0.943. The van der Waals surface area contributed by atoms with Crippen LogP contribution in [-0.4, -0.2) is 11.9 Å². The van der Waals surface area contributed by atoms with E-state index in [1.54, 1.807) is 42.5 Å².